The third-order valence-electron chi connectivity index (χ3n) is 4.68. The lowest BCUT2D eigenvalue weighted by Gasteiger charge is -2.21. The van der Waals surface area contributed by atoms with Crippen molar-refractivity contribution in [3.63, 3.8) is 0 Å². The van der Waals surface area contributed by atoms with Crippen LogP contribution in [0.2, 0.25) is 0 Å². The van der Waals surface area contributed by atoms with Gasteiger partial charge in [0.25, 0.3) is 0 Å². The molecule has 0 bridgehead atoms. The summed E-state index contributed by atoms with van der Waals surface area (Å²) in [6.45, 7) is 0.953. The fourth-order valence-corrected chi connectivity index (χ4v) is 4.20. The molecule has 132 valence electrons. The molecular formula is C21H19FN2OS. The minimum absolute atomic E-state index is 0.0543. The van der Waals surface area contributed by atoms with E-state index in [4.69, 9.17) is 0 Å². The Labute approximate surface area is 156 Å². The number of para-hydroxylation sites is 1. The topological polar surface area (TPSA) is 32.3 Å². The molecule has 1 unspecified atom stereocenters. The van der Waals surface area contributed by atoms with Gasteiger partial charge in [-0.25, -0.2) is 4.39 Å². The fourth-order valence-electron chi connectivity index (χ4n) is 3.38. The Morgan fingerprint density at radius 1 is 1.12 bits per heavy atom. The maximum Gasteiger partial charge on any atom is 0.240 e. The second-order valence-electron chi connectivity index (χ2n) is 6.30. The number of benzene rings is 2. The molecule has 1 aliphatic heterocycles. The van der Waals surface area contributed by atoms with Crippen molar-refractivity contribution in [1.29, 1.82) is 0 Å². The van der Waals surface area contributed by atoms with Crippen LogP contribution in [0.25, 0.3) is 0 Å². The van der Waals surface area contributed by atoms with Gasteiger partial charge < -0.3 is 4.90 Å². The summed E-state index contributed by atoms with van der Waals surface area (Å²) in [7, 11) is 0. The number of nitrogens with one attached hydrogen (secondary N) is 1. The molecule has 2 heterocycles. The van der Waals surface area contributed by atoms with Crippen molar-refractivity contribution in [2.75, 3.05) is 18.0 Å². The first-order valence-corrected chi connectivity index (χ1v) is 9.51. The highest BCUT2D eigenvalue weighted by Gasteiger charge is 2.25. The monoisotopic (exact) mass is 366 g/mol. The van der Waals surface area contributed by atoms with Crippen LogP contribution in [0, 0.1) is 5.82 Å². The number of carbonyl (C=O) groups excluding carboxylic acids is 1. The van der Waals surface area contributed by atoms with Crippen molar-refractivity contribution in [3.05, 3.63) is 87.9 Å². The number of fused-ring (bicyclic) bond motifs is 1. The van der Waals surface area contributed by atoms with Gasteiger partial charge in [-0.3, -0.25) is 10.1 Å². The predicted octanol–water partition coefficient (Wildman–Crippen LogP) is 4.16. The second kappa shape index (κ2) is 7.40. The molecule has 1 amide bonds. The van der Waals surface area contributed by atoms with Crippen molar-refractivity contribution in [2.24, 2.45) is 0 Å². The first-order chi connectivity index (χ1) is 12.7. The lowest BCUT2D eigenvalue weighted by Crippen LogP contribution is -2.38. The highest BCUT2D eigenvalue weighted by molar-refractivity contribution is 7.10. The summed E-state index contributed by atoms with van der Waals surface area (Å²) in [6, 6.07) is 18.4. The van der Waals surface area contributed by atoms with Crippen molar-refractivity contribution in [2.45, 2.75) is 12.5 Å². The summed E-state index contributed by atoms with van der Waals surface area (Å²) in [4.78, 5) is 15.7. The molecule has 26 heavy (non-hydrogen) atoms. The molecule has 4 rings (SSSR count). The molecule has 0 spiro atoms. The van der Waals surface area contributed by atoms with Crippen molar-refractivity contribution in [1.82, 2.24) is 5.32 Å². The summed E-state index contributed by atoms with van der Waals surface area (Å²) in [5, 5.41) is 5.37. The number of carbonyl (C=O) groups is 1. The molecule has 5 heteroatoms. The van der Waals surface area contributed by atoms with Gasteiger partial charge in [0.1, 0.15) is 5.82 Å². The predicted molar refractivity (Wildman–Crippen MR) is 103 cm³/mol. The Bertz CT molecular complexity index is 893. The van der Waals surface area contributed by atoms with Gasteiger partial charge >= 0.3 is 0 Å². The summed E-state index contributed by atoms with van der Waals surface area (Å²) in [6.07, 6.45) is 0.897. The number of nitrogens with zero attached hydrogens (tertiary/aromatic N) is 1. The van der Waals surface area contributed by atoms with E-state index in [1.165, 1.54) is 17.7 Å². The minimum atomic E-state index is -0.261. The second-order valence-corrected chi connectivity index (χ2v) is 7.28. The van der Waals surface area contributed by atoms with Crippen LogP contribution < -0.4 is 10.2 Å². The minimum Gasteiger partial charge on any atom is -0.311 e. The highest BCUT2D eigenvalue weighted by Crippen LogP contribution is 2.29. The maximum absolute atomic E-state index is 13.3. The Morgan fingerprint density at radius 2 is 1.92 bits per heavy atom. The number of rotatable bonds is 5. The van der Waals surface area contributed by atoms with Crippen LogP contribution in [0.3, 0.4) is 0 Å². The Balaban J connectivity index is 1.50. The smallest absolute Gasteiger partial charge is 0.240 e. The lowest BCUT2D eigenvalue weighted by molar-refractivity contribution is -0.117. The lowest BCUT2D eigenvalue weighted by atomic mass is 10.1. The number of halogens is 1. The Kier molecular flexibility index (Phi) is 4.82. The highest BCUT2D eigenvalue weighted by atomic mass is 32.1. The number of hydrogen-bond donors (Lipinski definition) is 1. The molecule has 1 N–H and O–H groups in total. The van der Waals surface area contributed by atoms with E-state index in [2.05, 4.69) is 11.4 Å². The van der Waals surface area contributed by atoms with Gasteiger partial charge in [0.05, 0.1) is 12.6 Å². The van der Waals surface area contributed by atoms with Gasteiger partial charge in [-0.1, -0.05) is 36.4 Å². The molecule has 0 saturated carbocycles. The molecule has 1 aliphatic rings. The molecule has 1 aromatic heterocycles. The molecule has 2 aromatic carbocycles. The Hall–Kier alpha value is -2.50. The first-order valence-electron chi connectivity index (χ1n) is 8.63. The molecule has 0 saturated heterocycles. The summed E-state index contributed by atoms with van der Waals surface area (Å²) >= 11 is 1.62. The van der Waals surface area contributed by atoms with E-state index >= 15 is 0 Å². The summed E-state index contributed by atoms with van der Waals surface area (Å²) < 4.78 is 13.3. The van der Waals surface area contributed by atoms with Crippen LogP contribution >= 0.6 is 11.3 Å². The zero-order valence-corrected chi connectivity index (χ0v) is 15.0. The SMILES string of the molecule is O=C(CNC(c1ccc(F)cc1)c1cccs1)N1CCc2ccccc21. The van der Waals surface area contributed by atoms with E-state index in [0.717, 1.165) is 29.1 Å². The van der Waals surface area contributed by atoms with Crippen LogP contribution in [0.1, 0.15) is 22.0 Å². The normalized spacial score (nSPS) is 14.3. The fraction of sp³-hybridized carbons (Fsp3) is 0.190. The largest absolute Gasteiger partial charge is 0.311 e. The number of anilines is 1. The third kappa shape index (κ3) is 3.41. The average molecular weight is 366 g/mol. The number of thiophene rings is 1. The van der Waals surface area contributed by atoms with E-state index in [0.29, 0.717) is 0 Å². The maximum atomic E-state index is 13.3. The van der Waals surface area contributed by atoms with Gasteiger partial charge in [-0.05, 0) is 47.2 Å². The molecule has 3 aromatic rings. The van der Waals surface area contributed by atoms with Crippen LogP contribution in [-0.4, -0.2) is 19.0 Å². The van der Waals surface area contributed by atoms with E-state index in [1.54, 1.807) is 23.5 Å². The van der Waals surface area contributed by atoms with Gasteiger partial charge in [-0.2, -0.15) is 0 Å². The van der Waals surface area contributed by atoms with E-state index < -0.39 is 0 Å². The summed E-state index contributed by atoms with van der Waals surface area (Å²) in [5.74, 6) is -0.206. The van der Waals surface area contributed by atoms with Crippen molar-refractivity contribution in [3.8, 4) is 0 Å². The van der Waals surface area contributed by atoms with Crippen molar-refractivity contribution >= 4 is 22.9 Å². The molecule has 0 aliphatic carbocycles. The molecule has 0 fully saturated rings. The van der Waals surface area contributed by atoms with Gasteiger partial charge in [-0.15, -0.1) is 11.3 Å². The third-order valence-corrected chi connectivity index (χ3v) is 5.61. The van der Waals surface area contributed by atoms with Crippen LogP contribution in [-0.2, 0) is 11.2 Å². The average Bonchev–Trinajstić information content (AvgIpc) is 3.33. The van der Waals surface area contributed by atoms with Gasteiger partial charge in [0, 0.05) is 17.1 Å². The number of amides is 1. The van der Waals surface area contributed by atoms with E-state index in [-0.39, 0.29) is 24.3 Å². The molecule has 3 nitrogen and oxygen atoms in total. The van der Waals surface area contributed by atoms with Crippen LogP contribution in [0.5, 0.6) is 0 Å². The van der Waals surface area contributed by atoms with E-state index in [9.17, 15) is 9.18 Å². The van der Waals surface area contributed by atoms with Crippen LogP contribution in [0.15, 0.2) is 66.0 Å². The van der Waals surface area contributed by atoms with E-state index in [1.807, 2.05) is 40.6 Å². The quantitative estimate of drug-likeness (QED) is 0.736. The molecule has 0 radical (unpaired) electrons. The zero-order valence-electron chi connectivity index (χ0n) is 14.2. The van der Waals surface area contributed by atoms with Crippen LogP contribution in [0.4, 0.5) is 10.1 Å². The van der Waals surface area contributed by atoms with Crippen molar-refractivity contribution < 1.29 is 9.18 Å². The molecule has 1 atom stereocenters. The summed E-state index contributed by atoms with van der Waals surface area (Å²) in [5.41, 5.74) is 3.17. The zero-order chi connectivity index (χ0) is 17.9. The first kappa shape index (κ1) is 16.9. The van der Waals surface area contributed by atoms with Gasteiger partial charge in [0.15, 0.2) is 0 Å². The number of hydrogen-bond acceptors (Lipinski definition) is 3. The standard InChI is InChI=1S/C21H19FN2OS/c22-17-9-7-16(8-10-17)21(19-6-3-13-26-19)23-14-20(25)24-12-11-15-4-1-2-5-18(15)24/h1-10,13,21,23H,11-12,14H2. The molecular weight excluding hydrogens is 347 g/mol. The van der Waals surface area contributed by atoms with Gasteiger partial charge in [0.2, 0.25) is 5.91 Å². The Morgan fingerprint density at radius 3 is 2.69 bits per heavy atom.